The van der Waals surface area contributed by atoms with Gasteiger partial charge in [0.2, 0.25) is 0 Å². The summed E-state index contributed by atoms with van der Waals surface area (Å²) in [6, 6.07) is 33.9. The first kappa shape index (κ1) is 36.7. The number of hydrogen-bond acceptors (Lipinski definition) is 7. The van der Waals surface area contributed by atoms with Gasteiger partial charge in [-0.3, -0.25) is 14.5 Å². The van der Waals surface area contributed by atoms with Crippen LogP contribution in [-0.4, -0.2) is 47.2 Å². The number of hydrogen-bond donors (Lipinski definition) is 0. The van der Waals surface area contributed by atoms with E-state index in [4.69, 9.17) is 18.9 Å². The first-order chi connectivity index (χ1) is 23.3. The highest BCUT2D eigenvalue weighted by atomic mass is 16.6. The highest BCUT2D eigenvalue weighted by Gasteiger charge is 2.33. The van der Waals surface area contributed by atoms with Gasteiger partial charge in [0, 0.05) is 13.1 Å². The molecule has 0 heterocycles. The number of carbonyl (C=O) groups is 2. The van der Waals surface area contributed by atoms with Crippen LogP contribution in [0.4, 0.5) is 0 Å². The summed E-state index contributed by atoms with van der Waals surface area (Å²) < 4.78 is 23.5. The standard InChI is InChI=1S/C42H47NO6/c1-41(2,3)48-39(44)31-38(40(45)49-42(4,5)6)43(27-15-19-32-17-13-25-36(29-32)46-34-21-9-7-10-22-34)28-16-20-33-18-14-26-37(30-33)47-35-23-11-8-12-24-35/h7-26,29-30,38H,27-28,31H2,1-6H3/b19-15+,20-16+/t38-/m0/s1. The van der Waals surface area contributed by atoms with Crippen molar-refractivity contribution in [3.63, 3.8) is 0 Å². The van der Waals surface area contributed by atoms with Gasteiger partial charge < -0.3 is 18.9 Å². The minimum atomic E-state index is -0.885. The van der Waals surface area contributed by atoms with Gasteiger partial charge in [-0.1, -0.05) is 85.0 Å². The molecule has 256 valence electrons. The Hall–Kier alpha value is -5.14. The third-order valence-corrected chi connectivity index (χ3v) is 6.87. The second-order valence-corrected chi connectivity index (χ2v) is 13.6. The smallest absolute Gasteiger partial charge is 0.324 e. The number of carbonyl (C=O) groups excluding carboxylic acids is 2. The number of esters is 2. The molecule has 7 heteroatoms. The Morgan fingerprint density at radius 2 is 1.02 bits per heavy atom. The minimum absolute atomic E-state index is 0.158. The molecule has 1 atom stereocenters. The second kappa shape index (κ2) is 17.3. The Morgan fingerprint density at radius 1 is 0.592 bits per heavy atom. The van der Waals surface area contributed by atoms with Crippen LogP contribution in [0.5, 0.6) is 23.0 Å². The molecule has 4 aromatic carbocycles. The molecule has 0 fully saturated rings. The Morgan fingerprint density at radius 3 is 1.45 bits per heavy atom. The molecular weight excluding hydrogens is 614 g/mol. The van der Waals surface area contributed by atoms with Crippen LogP contribution in [0.25, 0.3) is 12.2 Å². The SMILES string of the molecule is CC(C)(C)OC(=O)C[C@@H](C(=O)OC(C)(C)C)N(C/C=C/c1cccc(Oc2ccccc2)c1)C/C=C/c1cccc(Oc2ccccc2)c1. The molecular formula is C42H47NO6. The molecule has 0 aliphatic heterocycles. The van der Waals surface area contributed by atoms with Crippen molar-refractivity contribution < 1.29 is 28.5 Å². The van der Waals surface area contributed by atoms with Crippen LogP contribution in [0.1, 0.15) is 59.1 Å². The largest absolute Gasteiger partial charge is 0.460 e. The van der Waals surface area contributed by atoms with Crippen molar-refractivity contribution >= 4 is 24.1 Å². The van der Waals surface area contributed by atoms with Crippen LogP contribution in [0.2, 0.25) is 0 Å². The minimum Gasteiger partial charge on any atom is -0.460 e. The van der Waals surface area contributed by atoms with E-state index in [2.05, 4.69) is 0 Å². The lowest BCUT2D eigenvalue weighted by Crippen LogP contribution is -2.46. The molecule has 0 saturated carbocycles. The molecule has 4 rings (SSSR count). The Labute approximate surface area is 290 Å². The first-order valence-electron chi connectivity index (χ1n) is 16.5. The van der Waals surface area contributed by atoms with Crippen molar-refractivity contribution in [2.75, 3.05) is 13.1 Å². The zero-order chi connectivity index (χ0) is 35.3. The molecule has 0 bridgehead atoms. The van der Waals surface area contributed by atoms with Gasteiger partial charge in [-0.15, -0.1) is 0 Å². The predicted molar refractivity (Wildman–Crippen MR) is 196 cm³/mol. The summed E-state index contributed by atoms with van der Waals surface area (Å²) in [4.78, 5) is 28.7. The van der Waals surface area contributed by atoms with Crippen LogP contribution in [0.3, 0.4) is 0 Å². The van der Waals surface area contributed by atoms with E-state index >= 15 is 0 Å². The summed E-state index contributed by atoms with van der Waals surface area (Å²) in [5.41, 5.74) is 0.430. The molecule has 0 unspecified atom stereocenters. The highest BCUT2D eigenvalue weighted by molar-refractivity contribution is 5.83. The Balaban J connectivity index is 1.57. The topological polar surface area (TPSA) is 74.3 Å². The Kier molecular flexibility index (Phi) is 13.0. The molecule has 4 aromatic rings. The average Bonchev–Trinajstić information content (AvgIpc) is 3.03. The molecule has 0 radical (unpaired) electrons. The molecule has 0 aliphatic rings. The van der Waals surface area contributed by atoms with E-state index < -0.39 is 29.2 Å². The van der Waals surface area contributed by atoms with Gasteiger partial charge in [-0.2, -0.15) is 0 Å². The van der Waals surface area contributed by atoms with E-state index in [0.29, 0.717) is 24.6 Å². The third-order valence-electron chi connectivity index (χ3n) is 6.87. The molecule has 49 heavy (non-hydrogen) atoms. The van der Waals surface area contributed by atoms with Crippen molar-refractivity contribution in [2.45, 2.75) is 65.2 Å². The molecule has 0 N–H and O–H groups in total. The van der Waals surface area contributed by atoms with Gasteiger partial charge in [0.25, 0.3) is 0 Å². The molecule has 0 aliphatic carbocycles. The summed E-state index contributed by atoms with van der Waals surface area (Å²) >= 11 is 0. The van der Waals surface area contributed by atoms with Crippen LogP contribution in [0.15, 0.2) is 121 Å². The normalized spacial score (nSPS) is 12.6. The second-order valence-electron chi connectivity index (χ2n) is 13.6. The highest BCUT2D eigenvalue weighted by Crippen LogP contribution is 2.24. The average molecular weight is 662 g/mol. The summed E-state index contributed by atoms with van der Waals surface area (Å²) in [6.07, 6.45) is 7.72. The molecule has 0 aromatic heterocycles. The summed E-state index contributed by atoms with van der Waals surface area (Å²) in [7, 11) is 0. The van der Waals surface area contributed by atoms with Crippen molar-refractivity contribution in [2.24, 2.45) is 0 Å². The van der Waals surface area contributed by atoms with E-state index in [1.54, 1.807) is 0 Å². The van der Waals surface area contributed by atoms with Crippen molar-refractivity contribution in [1.29, 1.82) is 0 Å². The summed E-state index contributed by atoms with van der Waals surface area (Å²) in [5, 5.41) is 0. The summed E-state index contributed by atoms with van der Waals surface area (Å²) in [6.45, 7) is 11.6. The van der Waals surface area contributed by atoms with Gasteiger partial charge in [0.05, 0.1) is 6.42 Å². The maximum Gasteiger partial charge on any atom is 0.324 e. The van der Waals surface area contributed by atoms with Gasteiger partial charge >= 0.3 is 11.9 Å². The van der Waals surface area contributed by atoms with Crippen LogP contribution in [-0.2, 0) is 19.1 Å². The van der Waals surface area contributed by atoms with E-state index in [9.17, 15) is 9.59 Å². The Bertz CT molecular complexity index is 1600. The van der Waals surface area contributed by atoms with Gasteiger partial charge in [-0.05, 0) is 101 Å². The zero-order valence-electron chi connectivity index (χ0n) is 29.3. The van der Waals surface area contributed by atoms with Crippen molar-refractivity contribution in [1.82, 2.24) is 4.90 Å². The molecule has 7 nitrogen and oxygen atoms in total. The molecule has 0 spiro atoms. The van der Waals surface area contributed by atoms with E-state index in [0.717, 1.165) is 22.6 Å². The van der Waals surface area contributed by atoms with Crippen molar-refractivity contribution in [3.8, 4) is 23.0 Å². The van der Waals surface area contributed by atoms with Gasteiger partial charge in [-0.25, -0.2) is 0 Å². The number of para-hydroxylation sites is 2. The molecule has 0 amide bonds. The van der Waals surface area contributed by atoms with Crippen LogP contribution >= 0.6 is 0 Å². The van der Waals surface area contributed by atoms with E-state index in [-0.39, 0.29) is 6.42 Å². The third kappa shape index (κ3) is 13.5. The van der Waals surface area contributed by atoms with E-state index in [1.165, 1.54) is 0 Å². The maximum absolute atomic E-state index is 13.7. The summed E-state index contributed by atoms with van der Waals surface area (Å²) in [5.74, 6) is 1.96. The predicted octanol–water partition coefficient (Wildman–Crippen LogP) is 9.74. The fourth-order valence-electron chi connectivity index (χ4n) is 4.86. The van der Waals surface area contributed by atoms with Gasteiger partial charge in [0.15, 0.2) is 0 Å². The monoisotopic (exact) mass is 661 g/mol. The fourth-order valence-corrected chi connectivity index (χ4v) is 4.86. The van der Waals surface area contributed by atoms with Gasteiger partial charge in [0.1, 0.15) is 40.2 Å². The van der Waals surface area contributed by atoms with Crippen LogP contribution in [0, 0.1) is 0 Å². The van der Waals surface area contributed by atoms with E-state index in [1.807, 2.05) is 180 Å². The lowest BCUT2D eigenvalue weighted by molar-refractivity contribution is -0.168. The lowest BCUT2D eigenvalue weighted by atomic mass is 10.1. The van der Waals surface area contributed by atoms with Crippen LogP contribution < -0.4 is 9.47 Å². The van der Waals surface area contributed by atoms with Crippen molar-refractivity contribution in [3.05, 3.63) is 132 Å². The zero-order valence-corrected chi connectivity index (χ0v) is 29.3. The first-order valence-corrected chi connectivity index (χ1v) is 16.5. The molecule has 0 saturated heterocycles. The quantitative estimate of drug-likeness (QED) is 0.125. The number of rotatable bonds is 14. The fraction of sp³-hybridized carbons (Fsp3) is 0.286. The number of ether oxygens (including phenoxy) is 4. The number of benzene rings is 4. The maximum atomic E-state index is 13.7. The lowest BCUT2D eigenvalue weighted by Gasteiger charge is -2.31. The number of nitrogens with zero attached hydrogens (tertiary/aromatic N) is 1.